The highest BCUT2D eigenvalue weighted by molar-refractivity contribution is 5.81. The number of hydrogen-bond acceptors (Lipinski definition) is 2. The van der Waals surface area contributed by atoms with E-state index in [2.05, 4.69) is 18.2 Å². The van der Waals surface area contributed by atoms with Crippen LogP contribution in [0.15, 0.2) is 24.3 Å². The van der Waals surface area contributed by atoms with Crippen LogP contribution in [0.3, 0.4) is 0 Å². The molecule has 1 aromatic carbocycles. The SMILES string of the molecule is C[C@@H](N)C(=O)N(C)C1CCc2ccccc21. The molecule has 0 fully saturated rings. The van der Waals surface area contributed by atoms with Crippen molar-refractivity contribution in [2.45, 2.75) is 31.8 Å². The Labute approximate surface area is 96.2 Å². The number of hydrogen-bond donors (Lipinski definition) is 1. The van der Waals surface area contributed by atoms with Gasteiger partial charge in [-0.25, -0.2) is 0 Å². The Balaban J connectivity index is 2.22. The summed E-state index contributed by atoms with van der Waals surface area (Å²) in [6, 6.07) is 8.11. The normalized spacial score (nSPS) is 20.3. The molecule has 0 bridgehead atoms. The van der Waals surface area contributed by atoms with E-state index >= 15 is 0 Å². The standard InChI is InChI=1S/C13H18N2O/c1-9(14)13(16)15(2)12-8-7-10-5-3-4-6-11(10)12/h3-6,9,12H,7-8,14H2,1-2H3/t9-,12?/m1/s1. The van der Waals surface area contributed by atoms with E-state index < -0.39 is 6.04 Å². The molecule has 1 aromatic rings. The molecule has 2 N–H and O–H groups in total. The molecule has 2 atom stereocenters. The largest absolute Gasteiger partial charge is 0.337 e. The number of nitrogens with zero attached hydrogens (tertiary/aromatic N) is 1. The minimum Gasteiger partial charge on any atom is -0.337 e. The van der Waals surface area contributed by atoms with Crippen molar-refractivity contribution < 1.29 is 4.79 Å². The molecule has 2 rings (SSSR count). The molecule has 0 radical (unpaired) electrons. The molecular weight excluding hydrogens is 200 g/mol. The van der Waals surface area contributed by atoms with Crippen LogP contribution in [-0.2, 0) is 11.2 Å². The van der Waals surface area contributed by atoms with Gasteiger partial charge in [0.1, 0.15) is 0 Å². The van der Waals surface area contributed by atoms with E-state index in [4.69, 9.17) is 5.73 Å². The molecule has 1 unspecified atom stereocenters. The van der Waals surface area contributed by atoms with Gasteiger partial charge in [0.25, 0.3) is 0 Å². The van der Waals surface area contributed by atoms with Crippen LogP contribution in [0, 0.1) is 0 Å². The van der Waals surface area contributed by atoms with Crippen LogP contribution in [-0.4, -0.2) is 23.9 Å². The molecule has 3 nitrogen and oxygen atoms in total. The minimum absolute atomic E-state index is 0.0155. The number of nitrogens with two attached hydrogens (primary N) is 1. The lowest BCUT2D eigenvalue weighted by atomic mass is 10.1. The molecule has 1 amide bonds. The second-order valence-corrected chi connectivity index (χ2v) is 4.49. The number of carbonyl (C=O) groups is 1. The van der Waals surface area contributed by atoms with Gasteiger partial charge in [0.15, 0.2) is 0 Å². The fourth-order valence-electron chi connectivity index (χ4n) is 2.41. The summed E-state index contributed by atoms with van der Waals surface area (Å²) in [5, 5.41) is 0. The van der Waals surface area contributed by atoms with Crippen molar-refractivity contribution in [3.05, 3.63) is 35.4 Å². The Bertz CT molecular complexity index is 401. The number of carbonyl (C=O) groups excluding carboxylic acids is 1. The summed E-state index contributed by atoms with van der Waals surface area (Å²) >= 11 is 0. The third-order valence-electron chi connectivity index (χ3n) is 3.31. The topological polar surface area (TPSA) is 46.3 Å². The van der Waals surface area contributed by atoms with E-state index in [-0.39, 0.29) is 11.9 Å². The predicted molar refractivity (Wildman–Crippen MR) is 63.9 cm³/mol. The molecule has 0 saturated heterocycles. The quantitative estimate of drug-likeness (QED) is 0.817. The number of rotatable bonds is 2. The first kappa shape index (κ1) is 11.1. The molecule has 0 aliphatic heterocycles. The zero-order valence-corrected chi connectivity index (χ0v) is 9.81. The fraction of sp³-hybridized carbons (Fsp3) is 0.462. The molecule has 1 aliphatic rings. The Morgan fingerprint density at radius 2 is 2.19 bits per heavy atom. The Hall–Kier alpha value is -1.35. The first-order valence-electron chi connectivity index (χ1n) is 5.71. The minimum atomic E-state index is -0.419. The van der Waals surface area contributed by atoms with Gasteiger partial charge in [0, 0.05) is 7.05 Å². The van der Waals surface area contributed by atoms with Crippen molar-refractivity contribution in [2.24, 2.45) is 5.73 Å². The second kappa shape index (κ2) is 4.26. The van der Waals surface area contributed by atoms with Crippen LogP contribution in [0.25, 0.3) is 0 Å². The van der Waals surface area contributed by atoms with E-state index in [1.807, 2.05) is 13.1 Å². The molecule has 0 aromatic heterocycles. The van der Waals surface area contributed by atoms with E-state index in [1.165, 1.54) is 11.1 Å². The molecule has 0 saturated carbocycles. The van der Waals surface area contributed by atoms with E-state index in [1.54, 1.807) is 11.8 Å². The molecular formula is C13H18N2O. The van der Waals surface area contributed by atoms with Crippen molar-refractivity contribution in [1.29, 1.82) is 0 Å². The molecule has 16 heavy (non-hydrogen) atoms. The van der Waals surface area contributed by atoms with Crippen molar-refractivity contribution in [3.8, 4) is 0 Å². The molecule has 86 valence electrons. The Kier molecular flexibility index (Phi) is 2.97. The predicted octanol–water partition coefficient (Wildman–Crippen LogP) is 1.48. The first-order valence-corrected chi connectivity index (χ1v) is 5.71. The summed E-state index contributed by atoms with van der Waals surface area (Å²) in [5.74, 6) is 0.0155. The van der Waals surface area contributed by atoms with Gasteiger partial charge in [-0.1, -0.05) is 24.3 Å². The molecule has 0 spiro atoms. The van der Waals surface area contributed by atoms with Gasteiger partial charge in [-0.05, 0) is 30.9 Å². The lowest BCUT2D eigenvalue weighted by Gasteiger charge is -2.27. The summed E-state index contributed by atoms with van der Waals surface area (Å²) in [6.07, 6.45) is 2.06. The van der Waals surface area contributed by atoms with Gasteiger partial charge in [-0.2, -0.15) is 0 Å². The van der Waals surface area contributed by atoms with Crippen LogP contribution in [0.2, 0.25) is 0 Å². The zero-order valence-electron chi connectivity index (χ0n) is 9.81. The van der Waals surface area contributed by atoms with Crippen LogP contribution in [0.4, 0.5) is 0 Å². The highest BCUT2D eigenvalue weighted by atomic mass is 16.2. The van der Waals surface area contributed by atoms with E-state index in [0.29, 0.717) is 0 Å². The number of fused-ring (bicyclic) bond motifs is 1. The molecule has 3 heteroatoms. The summed E-state index contributed by atoms with van der Waals surface area (Å²) in [5.41, 5.74) is 8.27. The van der Waals surface area contributed by atoms with Crippen LogP contribution < -0.4 is 5.73 Å². The maximum atomic E-state index is 11.8. The Morgan fingerprint density at radius 3 is 2.88 bits per heavy atom. The lowest BCUT2D eigenvalue weighted by Crippen LogP contribution is -2.41. The van der Waals surface area contributed by atoms with Gasteiger partial charge in [-0.3, -0.25) is 4.79 Å². The molecule has 1 aliphatic carbocycles. The van der Waals surface area contributed by atoms with Crippen molar-refractivity contribution in [3.63, 3.8) is 0 Å². The van der Waals surface area contributed by atoms with Crippen LogP contribution in [0.1, 0.15) is 30.5 Å². The average Bonchev–Trinajstić information content (AvgIpc) is 2.70. The van der Waals surface area contributed by atoms with Crippen molar-refractivity contribution >= 4 is 5.91 Å². The first-order chi connectivity index (χ1) is 7.61. The third kappa shape index (κ3) is 1.83. The zero-order chi connectivity index (χ0) is 11.7. The van der Waals surface area contributed by atoms with Gasteiger partial charge >= 0.3 is 0 Å². The lowest BCUT2D eigenvalue weighted by molar-refractivity contribution is -0.133. The number of benzene rings is 1. The Morgan fingerprint density at radius 1 is 1.50 bits per heavy atom. The van der Waals surface area contributed by atoms with Crippen molar-refractivity contribution in [1.82, 2.24) is 4.90 Å². The molecule has 0 heterocycles. The van der Waals surface area contributed by atoms with E-state index in [0.717, 1.165) is 12.8 Å². The van der Waals surface area contributed by atoms with Gasteiger partial charge in [0.2, 0.25) is 5.91 Å². The van der Waals surface area contributed by atoms with Crippen LogP contribution in [0.5, 0.6) is 0 Å². The smallest absolute Gasteiger partial charge is 0.239 e. The highest BCUT2D eigenvalue weighted by Crippen LogP contribution is 2.34. The maximum Gasteiger partial charge on any atom is 0.239 e. The van der Waals surface area contributed by atoms with Gasteiger partial charge in [0.05, 0.1) is 12.1 Å². The van der Waals surface area contributed by atoms with Crippen molar-refractivity contribution in [2.75, 3.05) is 7.05 Å². The fourth-order valence-corrected chi connectivity index (χ4v) is 2.41. The second-order valence-electron chi connectivity index (χ2n) is 4.49. The summed E-state index contributed by atoms with van der Waals surface area (Å²) in [6.45, 7) is 1.74. The van der Waals surface area contributed by atoms with E-state index in [9.17, 15) is 4.79 Å². The van der Waals surface area contributed by atoms with Gasteiger partial charge in [-0.15, -0.1) is 0 Å². The number of aryl methyl sites for hydroxylation is 1. The monoisotopic (exact) mass is 218 g/mol. The number of amides is 1. The maximum absolute atomic E-state index is 11.8. The van der Waals surface area contributed by atoms with Crippen LogP contribution >= 0.6 is 0 Å². The number of likely N-dealkylation sites (N-methyl/N-ethyl adjacent to an activating group) is 1. The average molecular weight is 218 g/mol. The highest BCUT2D eigenvalue weighted by Gasteiger charge is 2.29. The summed E-state index contributed by atoms with van der Waals surface area (Å²) < 4.78 is 0. The summed E-state index contributed by atoms with van der Waals surface area (Å²) in [7, 11) is 1.85. The summed E-state index contributed by atoms with van der Waals surface area (Å²) in [4.78, 5) is 13.6. The van der Waals surface area contributed by atoms with Gasteiger partial charge < -0.3 is 10.6 Å². The third-order valence-corrected chi connectivity index (χ3v) is 3.31.